The first-order valence-electron chi connectivity index (χ1n) is 7.03. The van der Waals surface area contributed by atoms with Crippen LogP contribution in [0.1, 0.15) is 32.9 Å². The molecule has 2 N–H and O–H groups in total. The number of carbonyl (C=O) groups excluding carboxylic acids is 1. The van der Waals surface area contributed by atoms with Crippen LogP contribution >= 0.6 is 0 Å². The molecule has 0 aliphatic heterocycles. The summed E-state index contributed by atoms with van der Waals surface area (Å²) in [5.41, 5.74) is 2.31. The number of benzene rings is 1. The van der Waals surface area contributed by atoms with Crippen LogP contribution in [0.2, 0.25) is 0 Å². The van der Waals surface area contributed by atoms with E-state index in [1.165, 1.54) is 7.05 Å². The average Bonchev–Trinajstić information content (AvgIpc) is 2.85. The Kier molecular flexibility index (Phi) is 5.17. The van der Waals surface area contributed by atoms with E-state index < -0.39 is 10.0 Å². The molecule has 1 aromatic carbocycles. The molecule has 7 nitrogen and oxygen atoms in total. The third-order valence-corrected chi connectivity index (χ3v) is 4.79. The largest absolute Gasteiger partial charge is 0.361 e. The van der Waals surface area contributed by atoms with Crippen LogP contribution in [0.5, 0.6) is 0 Å². The van der Waals surface area contributed by atoms with E-state index >= 15 is 0 Å². The van der Waals surface area contributed by atoms with Gasteiger partial charge >= 0.3 is 0 Å². The minimum Gasteiger partial charge on any atom is -0.361 e. The molecule has 2 aromatic rings. The number of amides is 1. The van der Waals surface area contributed by atoms with E-state index in [-0.39, 0.29) is 18.2 Å². The molecule has 0 saturated heterocycles. The van der Waals surface area contributed by atoms with E-state index in [2.05, 4.69) is 15.2 Å². The molecule has 0 fully saturated rings. The standard InChI is InChI=1S/C15H19N3O4S/c1-10-14(11(2)22-18-10)15(19)17-8-12-6-4-5-7-13(12)9-23(20,21)16-3/h4-7,16H,8-9H2,1-3H3,(H,17,19). The zero-order chi connectivity index (χ0) is 17.0. The number of sulfonamides is 1. The van der Waals surface area contributed by atoms with Crippen molar-refractivity contribution in [2.24, 2.45) is 0 Å². The van der Waals surface area contributed by atoms with Crippen LogP contribution in [-0.4, -0.2) is 26.5 Å². The third kappa shape index (κ3) is 4.17. The van der Waals surface area contributed by atoms with Gasteiger partial charge in [-0.1, -0.05) is 29.4 Å². The molecule has 0 saturated carbocycles. The molecule has 0 bridgehead atoms. The second-order valence-electron chi connectivity index (χ2n) is 5.11. The topological polar surface area (TPSA) is 101 Å². The summed E-state index contributed by atoms with van der Waals surface area (Å²) in [4.78, 5) is 12.2. The highest BCUT2D eigenvalue weighted by Crippen LogP contribution is 2.14. The molecular formula is C15H19N3O4S. The molecule has 23 heavy (non-hydrogen) atoms. The highest BCUT2D eigenvalue weighted by molar-refractivity contribution is 7.88. The molecule has 8 heteroatoms. The number of carbonyl (C=O) groups is 1. The molecule has 0 radical (unpaired) electrons. The molecule has 0 spiro atoms. The predicted octanol–water partition coefficient (Wildman–Crippen LogP) is 1.27. The van der Waals surface area contributed by atoms with Gasteiger partial charge in [0.15, 0.2) is 0 Å². The lowest BCUT2D eigenvalue weighted by Crippen LogP contribution is -2.25. The van der Waals surface area contributed by atoms with Crippen molar-refractivity contribution in [3.05, 3.63) is 52.4 Å². The molecule has 1 aromatic heterocycles. The van der Waals surface area contributed by atoms with Crippen molar-refractivity contribution >= 4 is 15.9 Å². The molecule has 1 heterocycles. The summed E-state index contributed by atoms with van der Waals surface area (Å²) in [6, 6.07) is 7.08. The smallest absolute Gasteiger partial charge is 0.257 e. The number of nitrogens with one attached hydrogen (secondary N) is 2. The monoisotopic (exact) mass is 337 g/mol. The number of aromatic nitrogens is 1. The Morgan fingerprint density at radius 1 is 1.22 bits per heavy atom. The van der Waals surface area contributed by atoms with Gasteiger partial charge in [0.2, 0.25) is 10.0 Å². The fourth-order valence-corrected chi connectivity index (χ4v) is 3.05. The van der Waals surface area contributed by atoms with Gasteiger partial charge in [-0.2, -0.15) is 0 Å². The zero-order valence-electron chi connectivity index (χ0n) is 13.2. The van der Waals surface area contributed by atoms with Crippen LogP contribution in [0.15, 0.2) is 28.8 Å². The highest BCUT2D eigenvalue weighted by Gasteiger charge is 2.18. The lowest BCUT2D eigenvalue weighted by Gasteiger charge is -2.11. The molecule has 2 rings (SSSR count). The van der Waals surface area contributed by atoms with E-state index in [1.54, 1.807) is 38.1 Å². The summed E-state index contributed by atoms with van der Waals surface area (Å²) in [5.74, 6) is 0.0134. The van der Waals surface area contributed by atoms with Gasteiger partial charge in [0.1, 0.15) is 11.3 Å². The second kappa shape index (κ2) is 6.93. The summed E-state index contributed by atoms with van der Waals surface area (Å²) in [6.07, 6.45) is 0. The summed E-state index contributed by atoms with van der Waals surface area (Å²) in [5, 5.41) is 6.52. The summed E-state index contributed by atoms with van der Waals surface area (Å²) in [6.45, 7) is 3.58. The maximum Gasteiger partial charge on any atom is 0.257 e. The molecule has 0 unspecified atom stereocenters. The Balaban J connectivity index is 2.14. The average molecular weight is 337 g/mol. The summed E-state index contributed by atoms with van der Waals surface area (Å²) in [7, 11) is -2.01. The Morgan fingerprint density at radius 2 is 1.87 bits per heavy atom. The van der Waals surface area contributed by atoms with Gasteiger partial charge in [-0.25, -0.2) is 13.1 Å². The number of hydrogen-bond acceptors (Lipinski definition) is 5. The van der Waals surface area contributed by atoms with Crippen LogP contribution in [-0.2, 0) is 22.3 Å². The van der Waals surface area contributed by atoms with Crippen molar-refractivity contribution in [2.45, 2.75) is 26.1 Å². The van der Waals surface area contributed by atoms with E-state index in [4.69, 9.17) is 4.52 Å². The lowest BCUT2D eigenvalue weighted by molar-refractivity contribution is 0.0949. The van der Waals surface area contributed by atoms with E-state index in [0.717, 1.165) is 5.56 Å². The van der Waals surface area contributed by atoms with Crippen molar-refractivity contribution < 1.29 is 17.7 Å². The van der Waals surface area contributed by atoms with Gasteiger partial charge in [0, 0.05) is 6.54 Å². The van der Waals surface area contributed by atoms with Gasteiger partial charge in [-0.05, 0) is 32.0 Å². The molecule has 124 valence electrons. The Hall–Kier alpha value is -2.19. The fraction of sp³-hybridized carbons (Fsp3) is 0.333. The quantitative estimate of drug-likeness (QED) is 0.826. The lowest BCUT2D eigenvalue weighted by atomic mass is 10.1. The van der Waals surface area contributed by atoms with E-state index in [0.29, 0.717) is 22.6 Å². The maximum atomic E-state index is 12.2. The number of nitrogens with zero attached hydrogens (tertiary/aromatic N) is 1. The number of aryl methyl sites for hydroxylation is 2. The SMILES string of the molecule is CNS(=O)(=O)Cc1ccccc1CNC(=O)c1c(C)noc1C. The summed E-state index contributed by atoms with van der Waals surface area (Å²) >= 11 is 0. The van der Waals surface area contributed by atoms with Gasteiger partial charge in [-0.15, -0.1) is 0 Å². The first-order chi connectivity index (χ1) is 10.8. The van der Waals surface area contributed by atoms with E-state index in [1.807, 2.05) is 0 Å². The molecule has 0 atom stereocenters. The molecule has 1 amide bonds. The normalized spacial score (nSPS) is 11.4. The Bertz CT molecular complexity index is 792. The summed E-state index contributed by atoms with van der Waals surface area (Å²) < 4.78 is 30.7. The maximum absolute atomic E-state index is 12.2. The molecule has 0 aliphatic rings. The van der Waals surface area contributed by atoms with Crippen LogP contribution in [0.3, 0.4) is 0 Å². The number of hydrogen-bond donors (Lipinski definition) is 2. The Labute approximate surface area is 135 Å². The van der Waals surface area contributed by atoms with Gasteiger partial charge < -0.3 is 9.84 Å². The first-order valence-corrected chi connectivity index (χ1v) is 8.68. The first kappa shape index (κ1) is 17.2. The van der Waals surface area contributed by atoms with Crippen molar-refractivity contribution in [3.8, 4) is 0 Å². The fourth-order valence-electron chi connectivity index (χ4n) is 2.22. The second-order valence-corrected chi connectivity index (χ2v) is 7.04. The van der Waals surface area contributed by atoms with Crippen LogP contribution in [0.4, 0.5) is 0 Å². The van der Waals surface area contributed by atoms with E-state index in [9.17, 15) is 13.2 Å². The van der Waals surface area contributed by atoms with Gasteiger partial charge in [-0.3, -0.25) is 4.79 Å². The predicted molar refractivity (Wildman–Crippen MR) is 85.3 cm³/mol. The highest BCUT2D eigenvalue weighted by atomic mass is 32.2. The van der Waals surface area contributed by atoms with Gasteiger partial charge in [0.25, 0.3) is 5.91 Å². The van der Waals surface area contributed by atoms with Crippen molar-refractivity contribution in [1.29, 1.82) is 0 Å². The zero-order valence-corrected chi connectivity index (χ0v) is 14.0. The third-order valence-electron chi connectivity index (χ3n) is 3.47. The Morgan fingerprint density at radius 3 is 2.43 bits per heavy atom. The van der Waals surface area contributed by atoms with Crippen LogP contribution in [0.25, 0.3) is 0 Å². The minimum atomic E-state index is -3.38. The van der Waals surface area contributed by atoms with Crippen molar-refractivity contribution in [3.63, 3.8) is 0 Å². The van der Waals surface area contributed by atoms with Crippen molar-refractivity contribution in [2.75, 3.05) is 7.05 Å². The molecule has 0 aliphatic carbocycles. The van der Waals surface area contributed by atoms with Crippen LogP contribution < -0.4 is 10.0 Å². The van der Waals surface area contributed by atoms with Gasteiger partial charge in [0.05, 0.1) is 11.4 Å². The minimum absolute atomic E-state index is 0.138. The van der Waals surface area contributed by atoms with Crippen molar-refractivity contribution in [1.82, 2.24) is 15.2 Å². The number of rotatable bonds is 6. The molecular weight excluding hydrogens is 318 g/mol. The van der Waals surface area contributed by atoms with Crippen LogP contribution in [0, 0.1) is 13.8 Å².